The summed E-state index contributed by atoms with van der Waals surface area (Å²) in [7, 11) is 2.24. The lowest BCUT2D eigenvalue weighted by molar-refractivity contribution is 0.180. The summed E-state index contributed by atoms with van der Waals surface area (Å²) >= 11 is 0. The fraction of sp³-hybridized carbons (Fsp3) is 0.478. The second-order valence-electron chi connectivity index (χ2n) is 8.01. The Bertz CT molecular complexity index is 650. The van der Waals surface area contributed by atoms with Crippen LogP contribution >= 0.6 is 0 Å². The van der Waals surface area contributed by atoms with Crippen LogP contribution in [0, 0.1) is 5.92 Å². The Hall–Kier alpha value is -1.64. The van der Waals surface area contributed by atoms with Crippen LogP contribution in [0.2, 0.25) is 0 Å². The highest BCUT2D eigenvalue weighted by Crippen LogP contribution is 2.21. The maximum absolute atomic E-state index is 2.67. The molecule has 0 unspecified atom stereocenters. The molecule has 1 fully saturated rings. The van der Waals surface area contributed by atoms with Gasteiger partial charge in [-0.3, -0.25) is 4.90 Å². The summed E-state index contributed by atoms with van der Waals surface area (Å²) in [5.41, 5.74) is 4.33. The summed E-state index contributed by atoms with van der Waals surface area (Å²) in [5, 5.41) is 0. The predicted octanol–water partition coefficient (Wildman–Crippen LogP) is 4.59. The topological polar surface area (TPSA) is 6.48 Å². The van der Waals surface area contributed by atoms with E-state index in [0.717, 1.165) is 13.1 Å². The zero-order valence-corrected chi connectivity index (χ0v) is 16.0. The van der Waals surface area contributed by atoms with Crippen molar-refractivity contribution in [1.29, 1.82) is 0 Å². The average Bonchev–Trinajstić information content (AvgIpc) is 3.01. The van der Waals surface area contributed by atoms with E-state index in [4.69, 9.17) is 0 Å². The van der Waals surface area contributed by atoms with Gasteiger partial charge in [0.25, 0.3) is 0 Å². The molecule has 1 saturated heterocycles. The van der Waals surface area contributed by atoms with Crippen LogP contribution in [0.15, 0.2) is 54.6 Å². The third-order valence-electron chi connectivity index (χ3n) is 5.13. The molecule has 0 saturated carbocycles. The van der Waals surface area contributed by atoms with Crippen LogP contribution in [0.3, 0.4) is 0 Å². The number of benzene rings is 2. The molecule has 25 heavy (non-hydrogen) atoms. The molecule has 0 aromatic heterocycles. The summed E-state index contributed by atoms with van der Waals surface area (Å²) in [6.45, 7) is 9.06. The third-order valence-corrected chi connectivity index (χ3v) is 5.13. The number of likely N-dealkylation sites (N-methyl/N-ethyl adjacent to an activating group) is 1. The molecule has 0 aliphatic carbocycles. The van der Waals surface area contributed by atoms with Gasteiger partial charge in [-0.25, -0.2) is 0 Å². The zero-order valence-electron chi connectivity index (χ0n) is 16.0. The van der Waals surface area contributed by atoms with Crippen molar-refractivity contribution in [2.24, 2.45) is 5.92 Å². The lowest BCUT2D eigenvalue weighted by atomic mass is 10.0. The molecular formula is C23H32N2. The molecule has 2 nitrogen and oxygen atoms in total. The van der Waals surface area contributed by atoms with Gasteiger partial charge in [0.2, 0.25) is 0 Å². The van der Waals surface area contributed by atoms with Crippen LogP contribution in [0.1, 0.15) is 37.0 Å². The molecule has 3 rings (SSSR count). The SMILES string of the molecule is CC(C)Cc1cccc(CN(Cc2ccccc2)[C@H]2CCN(C)C2)c1. The highest BCUT2D eigenvalue weighted by Gasteiger charge is 2.25. The summed E-state index contributed by atoms with van der Waals surface area (Å²) < 4.78 is 0. The Kier molecular flexibility index (Phi) is 6.28. The lowest BCUT2D eigenvalue weighted by Crippen LogP contribution is -2.36. The minimum atomic E-state index is 0.652. The maximum Gasteiger partial charge on any atom is 0.0242 e. The molecule has 0 bridgehead atoms. The van der Waals surface area contributed by atoms with Crippen molar-refractivity contribution in [3.8, 4) is 0 Å². The first-order valence-electron chi connectivity index (χ1n) is 9.64. The van der Waals surface area contributed by atoms with E-state index in [0.29, 0.717) is 12.0 Å². The molecule has 2 heteroatoms. The van der Waals surface area contributed by atoms with Crippen molar-refractivity contribution in [3.63, 3.8) is 0 Å². The van der Waals surface area contributed by atoms with Crippen molar-refractivity contribution in [1.82, 2.24) is 9.80 Å². The first kappa shape index (κ1) is 18.2. The van der Waals surface area contributed by atoms with Gasteiger partial charge >= 0.3 is 0 Å². The number of likely N-dealkylation sites (tertiary alicyclic amines) is 1. The van der Waals surface area contributed by atoms with Gasteiger partial charge in [0, 0.05) is 25.7 Å². The van der Waals surface area contributed by atoms with E-state index in [1.165, 1.54) is 42.6 Å². The molecule has 0 N–H and O–H groups in total. The van der Waals surface area contributed by atoms with E-state index in [2.05, 4.69) is 85.3 Å². The van der Waals surface area contributed by atoms with E-state index < -0.39 is 0 Å². The van der Waals surface area contributed by atoms with Crippen molar-refractivity contribution in [2.75, 3.05) is 20.1 Å². The second-order valence-corrected chi connectivity index (χ2v) is 8.01. The monoisotopic (exact) mass is 336 g/mol. The fourth-order valence-corrected chi connectivity index (χ4v) is 3.90. The minimum absolute atomic E-state index is 0.652. The van der Waals surface area contributed by atoms with E-state index in [1.54, 1.807) is 0 Å². The molecule has 1 aliphatic heterocycles. The van der Waals surface area contributed by atoms with Crippen LogP contribution in [0.25, 0.3) is 0 Å². The van der Waals surface area contributed by atoms with Gasteiger partial charge in [-0.2, -0.15) is 0 Å². The standard InChI is InChI=1S/C23H32N2/c1-19(2)14-21-10-7-11-22(15-21)17-25(23-12-13-24(3)18-23)16-20-8-5-4-6-9-20/h4-11,15,19,23H,12-14,16-18H2,1-3H3/t23-/m0/s1. The zero-order chi connectivity index (χ0) is 17.6. The van der Waals surface area contributed by atoms with E-state index >= 15 is 0 Å². The second kappa shape index (κ2) is 8.64. The largest absolute Gasteiger partial charge is 0.305 e. The Balaban J connectivity index is 1.75. The normalized spacial score (nSPS) is 18.4. The van der Waals surface area contributed by atoms with Crippen LogP contribution in [0.4, 0.5) is 0 Å². The highest BCUT2D eigenvalue weighted by molar-refractivity contribution is 5.24. The van der Waals surface area contributed by atoms with Crippen LogP contribution < -0.4 is 0 Å². The van der Waals surface area contributed by atoms with Gasteiger partial charge in [-0.1, -0.05) is 68.4 Å². The fourth-order valence-electron chi connectivity index (χ4n) is 3.90. The van der Waals surface area contributed by atoms with Gasteiger partial charge in [0.1, 0.15) is 0 Å². The summed E-state index contributed by atoms with van der Waals surface area (Å²) in [5.74, 6) is 0.708. The smallest absolute Gasteiger partial charge is 0.0242 e. The van der Waals surface area contributed by atoms with Crippen molar-refractivity contribution in [3.05, 3.63) is 71.3 Å². The van der Waals surface area contributed by atoms with Crippen LogP contribution in [0.5, 0.6) is 0 Å². The molecule has 0 amide bonds. The number of hydrogen-bond acceptors (Lipinski definition) is 2. The molecule has 1 atom stereocenters. The quantitative estimate of drug-likeness (QED) is 0.729. The number of nitrogens with zero attached hydrogens (tertiary/aromatic N) is 2. The van der Waals surface area contributed by atoms with E-state index in [-0.39, 0.29) is 0 Å². The third kappa shape index (κ3) is 5.42. The van der Waals surface area contributed by atoms with Gasteiger partial charge in [-0.05, 0) is 49.0 Å². The summed E-state index contributed by atoms with van der Waals surface area (Å²) in [6, 6.07) is 20.8. The summed E-state index contributed by atoms with van der Waals surface area (Å²) in [4.78, 5) is 5.13. The predicted molar refractivity (Wildman–Crippen MR) is 107 cm³/mol. The molecule has 1 heterocycles. The number of hydrogen-bond donors (Lipinski definition) is 0. The summed E-state index contributed by atoms with van der Waals surface area (Å²) in [6.07, 6.45) is 2.44. The maximum atomic E-state index is 2.67. The van der Waals surface area contributed by atoms with Crippen molar-refractivity contribution >= 4 is 0 Å². The first-order chi connectivity index (χ1) is 12.1. The van der Waals surface area contributed by atoms with Crippen molar-refractivity contribution in [2.45, 2.75) is 45.8 Å². The van der Waals surface area contributed by atoms with E-state index in [1.807, 2.05) is 0 Å². The molecule has 2 aromatic carbocycles. The Morgan fingerprint density at radius 2 is 1.64 bits per heavy atom. The molecule has 0 spiro atoms. The molecular weight excluding hydrogens is 304 g/mol. The van der Waals surface area contributed by atoms with Crippen LogP contribution in [-0.2, 0) is 19.5 Å². The minimum Gasteiger partial charge on any atom is -0.305 e. The first-order valence-corrected chi connectivity index (χ1v) is 9.64. The van der Waals surface area contributed by atoms with Gasteiger partial charge in [0.05, 0.1) is 0 Å². The van der Waals surface area contributed by atoms with Gasteiger partial charge in [0.15, 0.2) is 0 Å². The number of rotatable bonds is 7. The van der Waals surface area contributed by atoms with Gasteiger partial charge in [-0.15, -0.1) is 0 Å². The molecule has 0 radical (unpaired) electrons. The van der Waals surface area contributed by atoms with E-state index in [9.17, 15) is 0 Å². The van der Waals surface area contributed by atoms with Crippen LogP contribution in [-0.4, -0.2) is 36.0 Å². The molecule has 1 aliphatic rings. The molecule has 2 aromatic rings. The Morgan fingerprint density at radius 1 is 0.960 bits per heavy atom. The lowest BCUT2D eigenvalue weighted by Gasteiger charge is -2.29. The average molecular weight is 337 g/mol. The van der Waals surface area contributed by atoms with Crippen molar-refractivity contribution < 1.29 is 0 Å². The highest BCUT2D eigenvalue weighted by atomic mass is 15.2. The molecule has 134 valence electrons. The Morgan fingerprint density at radius 3 is 2.32 bits per heavy atom. The van der Waals surface area contributed by atoms with Gasteiger partial charge < -0.3 is 4.90 Å². The Labute approximate surface area is 153 Å².